The molecule has 134 valence electrons. The highest BCUT2D eigenvalue weighted by Crippen LogP contribution is 2.36. The predicted octanol–water partition coefficient (Wildman–Crippen LogP) is 2.88. The van der Waals surface area contributed by atoms with Crippen LogP contribution in [0.1, 0.15) is 43.6 Å². The largest absolute Gasteiger partial charge is 0.388 e. The molecule has 0 radical (unpaired) electrons. The molecule has 2 rings (SSSR count). The summed E-state index contributed by atoms with van der Waals surface area (Å²) >= 11 is 0. The Bertz CT molecular complexity index is 704. The van der Waals surface area contributed by atoms with Gasteiger partial charge in [-0.05, 0) is 25.8 Å². The summed E-state index contributed by atoms with van der Waals surface area (Å²) in [5, 5.41) is 20.3. The van der Waals surface area contributed by atoms with Gasteiger partial charge in [0.25, 0.3) is 0 Å². The zero-order valence-corrected chi connectivity index (χ0v) is 15.2. The van der Waals surface area contributed by atoms with Crippen molar-refractivity contribution < 1.29 is 19.8 Å². The fourth-order valence-corrected chi connectivity index (χ4v) is 3.15. The number of hydrogen-bond donors (Lipinski definition) is 2. The van der Waals surface area contributed by atoms with Gasteiger partial charge in [-0.3, -0.25) is 9.59 Å². The Balaban J connectivity index is 2.32. The average molecular weight is 342 g/mol. The Labute approximate surface area is 148 Å². The van der Waals surface area contributed by atoms with Crippen LogP contribution in [0.4, 0.5) is 0 Å². The number of Topliss-reactive ketones (excluding diaryl/α,β-unsaturated/α-hetero) is 2. The van der Waals surface area contributed by atoms with Gasteiger partial charge < -0.3 is 10.2 Å². The minimum Gasteiger partial charge on any atom is -0.388 e. The van der Waals surface area contributed by atoms with E-state index >= 15 is 0 Å². The van der Waals surface area contributed by atoms with Crippen molar-refractivity contribution in [3.8, 4) is 0 Å². The Morgan fingerprint density at radius 1 is 1.16 bits per heavy atom. The quantitative estimate of drug-likeness (QED) is 0.780. The van der Waals surface area contributed by atoms with Crippen molar-refractivity contribution in [1.29, 1.82) is 0 Å². The second-order valence-electron chi connectivity index (χ2n) is 7.51. The lowest BCUT2D eigenvalue weighted by atomic mass is 9.68. The Morgan fingerprint density at radius 3 is 2.24 bits per heavy atom. The Morgan fingerprint density at radius 2 is 1.76 bits per heavy atom. The summed E-state index contributed by atoms with van der Waals surface area (Å²) in [5.74, 6) is -0.577. The topological polar surface area (TPSA) is 74.6 Å². The number of benzene rings is 1. The van der Waals surface area contributed by atoms with Crippen LogP contribution in [0.3, 0.4) is 0 Å². The van der Waals surface area contributed by atoms with Crippen LogP contribution in [0, 0.1) is 11.3 Å². The Kier molecular flexibility index (Phi) is 5.45. The van der Waals surface area contributed by atoms with E-state index in [-0.39, 0.29) is 17.5 Å². The maximum atomic E-state index is 12.8. The number of ketones is 2. The molecule has 4 heteroatoms. The van der Waals surface area contributed by atoms with Gasteiger partial charge in [0.15, 0.2) is 5.78 Å². The lowest BCUT2D eigenvalue weighted by molar-refractivity contribution is -0.133. The fraction of sp³-hybridized carbons (Fsp3) is 0.429. The standard InChI is InChI=1S/C21H26O4/c1-14(2)18(23)21(12-6-5-7-17(21)22)13-15-8-10-16(11-9-15)19(24)20(3,4)25/h5-12,14,17,22,25H,13H2,1-4H3. The number of aliphatic hydroxyl groups is 2. The first kappa shape index (κ1) is 19.3. The number of carbonyl (C=O) groups excluding carboxylic acids is 2. The van der Waals surface area contributed by atoms with Crippen molar-refractivity contribution >= 4 is 11.6 Å². The van der Waals surface area contributed by atoms with Crippen LogP contribution in [0.5, 0.6) is 0 Å². The number of aliphatic hydroxyl groups excluding tert-OH is 1. The number of carbonyl (C=O) groups is 2. The summed E-state index contributed by atoms with van der Waals surface area (Å²) in [5.41, 5.74) is -1.16. The van der Waals surface area contributed by atoms with E-state index in [1.54, 1.807) is 48.6 Å². The molecule has 0 amide bonds. The average Bonchev–Trinajstić information content (AvgIpc) is 2.55. The fourth-order valence-electron chi connectivity index (χ4n) is 3.15. The molecule has 0 aromatic heterocycles. The number of hydrogen-bond acceptors (Lipinski definition) is 4. The van der Waals surface area contributed by atoms with Crippen molar-refractivity contribution in [2.75, 3.05) is 0 Å². The van der Waals surface area contributed by atoms with E-state index in [9.17, 15) is 19.8 Å². The van der Waals surface area contributed by atoms with Crippen LogP contribution in [0.25, 0.3) is 0 Å². The van der Waals surface area contributed by atoms with E-state index in [1.807, 2.05) is 13.8 Å². The third-order valence-electron chi connectivity index (χ3n) is 4.58. The number of rotatable bonds is 6. The molecule has 4 nitrogen and oxygen atoms in total. The van der Waals surface area contributed by atoms with Gasteiger partial charge in [0.1, 0.15) is 11.4 Å². The SMILES string of the molecule is CC(C)C(=O)C1(Cc2ccc(C(=O)C(C)(C)O)cc2)C=CC=CC1O. The summed E-state index contributed by atoms with van der Waals surface area (Å²) in [6.07, 6.45) is 6.40. The zero-order valence-electron chi connectivity index (χ0n) is 15.2. The van der Waals surface area contributed by atoms with Crippen LogP contribution in [0.15, 0.2) is 48.6 Å². The molecular weight excluding hydrogens is 316 g/mol. The summed E-state index contributed by atoms with van der Waals surface area (Å²) in [6.45, 7) is 6.56. The highest BCUT2D eigenvalue weighted by Gasteiger charge is 2.43. The zero-order chi connectivity index (χ0) is 18.8. The van der Waals surface area contributed by atoms with E-state index in [4.69, 9.17) is 0 Å². The molecule has 1 aromatic carbocycles. The van der Waals surface area contributed by atoms with E-state index in [0.717, 1.165) is 5.56 Å². The van der Waals surface area contributed by atoms with Crippen molar-refractivity contribution in [1.82, 2.24) is 0 Å². The van der Waals surface area contributed by atoms with Crippen LogP contribution >= 0.6 is 0 Å². The first-order chi connectivity index (χ1) is 11.6. The minimum atomic E-state index is -1.43. The lowest BCUT2D eigenvalue weighted by Crippen LogP contribution is -2.45. The van der Waals surface area contributed by atoms with Crippen molar-refractivity contribution in [3.63, 3.8) is 0 Å². The first-order valence-corrected chi connectivity index (χ1v) is 8.52. The third kappa shape index (κ3) is 3.97. The van der Waals surface area contributed by atoms with Crippen LogP contribution in [0.2, 0.25) is 0 Å². The molecule has 1 aliphatic rings. The van der Waals surface area contributed by atoms with Gasteiger partial charge in [0, 0.05) is 11.5 Å². The molecule has 2 atom stereocenters. The monoisotopic (exact) mass is 342 g/mol. The van der Waals surface area contributed by atoms with Crippen molar-refractivity contribution in [3.05, 3.63) is 59.7 Å². The molecule has 1 aromatic rings. The maximum absolute atomic E-state index is 12.8. The van der Waals surface area contributed by atoms with E-state index in [2.05, 4.69) is 0 Å². The predicted molar refractivity (Wildman–Crippen MR) is 97.3 cm³/mol. The molecule has 0 heterocycles. The molecule has 0 saturated heterocycles. The summed E-state index contributed by atoms with van der Waals surface area (Å²) in [7, 11) is 0. The van der Waals surface area contributed by atoms with E-state index in [1.165, 1.54) is 13.8 Å². The first-order valence-electron chi connectivity index (χ1n) is 8.52. The highest BCUT2D eigenvalue weighted by molar-refractivity contribution is 6.01. The molecule has 25 heavy (non-hydrogen) atoms. The van der Waals surface area contributed by atoms with Gasteiger partial charge in [0.05, 0.1) is 11.5 Å². The molecule has 0 saturated carbocycles. The van der Waals surface area contributed by atoms with Crippen LogP contribution in [-0.2, 0) is 11.2 Å². The smallest absolute Gasteiger partial charge is 0.193 e. The highest BCUT2D eigenvalue weighted by atomic mass is 16.3. The van der Waals surface area contributed by atoms with Gasteiger partial charge >= 0.3 is 0 Å². The molecule has 0 fully saturated rings. The second kappa shape index (κ2) is 7.06. The normalized spacial score (nSPS) is 23.1. The minimum absolute atomic E-state index is 0.0164. The summed E-state index contributed by atoms with van der Waals surface area (Å²) in [6, 6.07) is 6.84. The Hall–Kier alpha value is -2.04. The molecule has 0 spiro atoms. The van der Waals surface area contributed by atoms with Gasteiger partial charge in [-0.25, -0.2) is 0 Å². The molecular formula is C21H26O4. The maximum Gasteiger partial charge on any atom is 0.193 e. The van der Waals surface area contributed by atoms with Gasteiger partial charge in [-0.15, -0.1) is 0 Å². The summed E-state index contributed by atoms with van der Waals surface area (Å²) in [4.78, 5) is 24.9. The van der Waals surface area contributed by atoms with Crippen molar-refractivity contribution in [2.45, 2.75) is 45.8 Å². The van der Waals surface area contributed by atoms with Gasteiger partial charge in [-0.1, -0.05) is 62.4 Å². The molecule has 1 aliphatic carbocycles. The lowest BCUT2D eigenvalue weighted by Gasteiger charge is -2.36. The second-order valence-corrected chi connectivity index (χ2v) is 7.51. The van der Waals surface area contributed by atoms with E-state index in [0.29, 0.717) is 12.0 Å². The van der Waals surface area contributed by atoms with Crippen LogP contribution < -0.4 is 0 Å². The third-order valence-corrected chi connectivity index (χ3v) is 4.58. The van der Waals surface area contributed by atoms with Gasteiger partial charge in [-0.2, -0.15) is 0 Å². The van der Waals surface area contributed by atoms with Crippen molar-refractivity contribution in [2.24, 2.45) is 11.3 Å². The molecule has 2 N–H and O–H groups in total. The molecule has 0 bridgehead atoms. The van der Waals surface area contributed by atoms with E-state index < -0.39 is 17.1 Å². The molecule has 0 aliphatic heterocycles. The molecule has 2 unspecified atom stereocenters. The van der Waals surface area contributed by atoms with Crippen LogP contribution in [-0.4, -0.2) is 33.5 Å². The number of allylic oxidation sites excluding steroid dienone is 2. The summed E-state index contributed by atoms with van der Waals surface area (Å²) < 4.78 is 0. The van der Waals surface area contributed by atoms with Gasteiger partial charge in [0.2, 0.25) is 0 Å².